The quantitative estimate of drug-likeness (QED) is 0.801. The molecule has 0 spiro atoms. The number of nitrogens with zero attached hydrogens (tertiary/aromatic N) is 1. The van der Waals surface area contributed by atoms with Gasteiger partial charge >= 0.3 is 0 Å². The lowest BCUT2D eigenvalue weighted by atomic mass is 10.1. The Labute approximate surface area is 160 Å². The first-order valence-corrected chi connectivity index (χ1v) is 9.05. The molecule has 0 aliphatic carbocycles. The van der Waals surface area contributed by atoms with E-state index in [0.29, 0.717) is 12.3 Å². The van der Waals surface area contributed by atoms with Gasteiger partial charge in [0, 0.05) is 17.2 Å². The number of benzene rings is 2. The fourth-order valence-electron chi connectivity index (χ4n) is 2.88. The van der Waals surface area contributed by atoms with Gasteiger partial charge in [-0.1, -0.05) is 28.1 Å². The molecule has 0 bridgehead atoms. The zero-order chi connectivity index (χ0) is 18.7. The summed E-state index contributed by atoms with van der Waals surface area (Å²) in [5, 5.41) is 5.53. The predicted molar refractivity (Wildman–Crippen MR) is 105 cm³/mol. The molecule has 1 aliphatic rings. The van der Waals surface area contributed by atoms with E-state index in [1.54, 1.807) is 13.1 Å². The summed E-state index contributed by atoms with van der Waals surface area (Å²) in [6, 6.07) is 13.1. The fraction of sp³-hybridized carbons (Fsp3) is 0.263. The van der Waals surface area contributed by atoms with Crippen LogP contribution in [0.2, 0.25) is 0 Å². The van der Waals surface area contributed by atoms with Crippen molar-refractivity contribution >= 4 is 39.1 Å². The van der Waals surface area contributed by atoms with E-state index in [0.717, 1.165) is 21.4 Å². The maximum Gasteiger partial charge on any atom is 0.262 e. The highest BCUT2D eigenvalue weighted by atomic mass is 79.9. The van der Waals surface area contributed by atoms with Crippen molar-refractivity contribution in [3.05, 3.63) is 52.5 Å². The summed E-state index contributed by atoms with van der Waals surface area (Å²) in [6.07, 6.45) is -0.655. The van der Waals surface area contributed by atoms with E-state index in [9.17, 15) is 9.59 Å². The minimum atomic E-state index is -0.655. The molecule has 0 fully saturated rings. The molecule has 0 radical (unpaired) electrons. The minimum absolute atomic E-state index is 0.128. The second-order valence-corrected chi connectivity index (χ2v) is 6.99. The van der Waals surface area contributed by atoms with Crippen LogP contribution in [0.4, 0.5) is 11.4 Å². The number of halogens is 1. The first-order chi connectivity index (χ1) is 12.5. The molecule has 0 aromatic heterocycles. The molecule has 1 aliphatic heterocycles. The molecule has 2 N–H and O–H groups in total. The van der Waals surface area contributed by atoms with Crippen LogP contribution >= 0.6 is 15.9 Å². The van der Waals surface area contributed by atoms with Crippen LogP contribution in [0, 0.1) is 6.92 Å². The number of carbonyl (C=O) groups is 2. The summed E-state index contributed by atoms with van der Waals surface area (Å²) in [7, 11) is 1.57. The lowest BCUT2D eigenvalue weighted by Crippen LogP contribution is -2.50. The van der Waals surface area contributed by atoms with Crippen LogP contribution in [0.1, 0.15) is 5.56 Å². The van der Waals surface area contributed by atoms with Gasteiger partial charge in [-0.25, -0.2) is 0 Å². The number of anilines is 2. The molecule has 6 nitrogen and oxygen atoms in total. The van der Waals surface area contributed by atoms with Gasteiger partial charge < -0.3 is 20.3 Å². The summed E-state index contributed by atoms with van der Waals surface area (Å²) in [6.45, 7) is 2.37. The van der Waals surface area contributed by atoms with Gasteiger partial charge in [0.15, 0.2) is 6.10 Å². The molecule has 3 rings (SSSR count). The molecule has 1 unspecified atom stereocenters. The van der Waals surface area contributed by atoms with Crippen LogP contribution < -0.4 is 20.3 Å². The summed E-state index contributed by atoms with van der Waals surface area (Å²) < 4.78 is 6.72. The van der Waals surface area contributed by atoms with Crippen molar-refractivity contribution in [3.8, 4) is 5.75 Å². The number of rotatable bonds is 4. The van der Waals surface area contributed by atoms with Gasteiger partial charge in [-0.3, -0.25) is 9.59 Å². The monoisotopic (exact) mass is 417 g/mol. The number of carbonyl (C=O) groups excluding carboxylic acids is 2. The zero-order valence-corrected chi connectivity index (χ0v) is 16.2. The van der Waals surface area contributed by atoms with Gasteiger partial charge in [0.05, 0.1) is 18.8 Å². The number of ether oxygens (including phenoxy) is 1. The van der Waals surface area contributed by atoms with Crippen molar-refractivity contribution in [2.75, 3.05) is 30.4 Å². The fourth-order valence-corrected chi connectivity index (χ4v) is 3.36. The normalized spacial score (nSPS) is 15.7. The zero-order valence-electron chi connectivity index (χ0n) is 14.6. The van der Waals surface area contributed by atoms with Crippen LogP contribution in [-0.2, 0) is 9.59 Å². The summed E-state index contributed by atoms with van der Waals surface area (Å²) >= 11 is 3.41. The molecular formula is C19H20BrN3O3. The van der Waals surface area contributed by atoms with E-state index in [-0.39, 0.29) is 18.4 Å². The highest BCUT2D eigenvalue weighted by molar-refractivity contribution is 9.10. The Bertz CT molecular complexity index is 841. The molecule has 26 heavy (non-hydrogen) atoms. The van der Waals surface area contributed by atoms with Crippen LogP contribution in [0.15, 0.2) is 46.9 Å². The topological polar surface area (TPSA) is 70.7 Å². The van der Waals surface area contributed by atoms with E-state index in [2.05, 4.69) is 26.6 Å². The molecule has 2 aromatic rings. The van der Waals surface area contributed by atoms with Crippen LogP contribution in [-0.4, -0.2) is 38.1 Å². The Kier molecular flexibility index (Phi) is 5.46. The maximum absolute atomic E-state index is 12.6. The minimum Gasteiger partial charge on any atom is -0.477 e. The van der Waals surface area contributed by atoms with Crippen LogP contribution in [0.25, 0.3) is 0 Å². The number of likely N-dealkylation sites (N-methyl/N-ethyl adjacent to an activating group) is 1. The third-order valence-corrected chi connectivity index (χ3v) is 4.69. The number of amides is 2. The number of fused-ring (bicyclic) bond motifs is 1. The number of aryl methyl sites for hydroxylation is 1. The second-order valence-electron chi connectivity index (χ2n) is 6.08. The highest BCUT2D eigenvalue weighted by Gasteiger charge is 2.31. The average Bonchev–Trinajstić information content (AvgIpc) is 2.63. The van der Waals surface area contributed by atoms with E-state index in [1.165, 1.54) is 0 Å². The van der Waals surface area contributed by atoms with Gasteiger partial charge in [0.2, 0.25) is 5.91 Å². The molecular weight excluding hydrogens is 398 g/mol. The highest BCUT2D eigenvalue weighted by Crippen LogP contribution is 2.33. The first kappa shape index (κ1) is 18.3. The second kappa shape index (κ2) is 7.78. The third-order valence-electron chi connectivity index (χ3n) is 4.20. The Balaban J connectivity index is 1.76. The molecule has 2 aromatic carbocycles. The van der Waals surface area contributed by atoms with Crippen molar-refractivity contribution in [2.24, 2.45) is 0 Å². The van der Waals surface area contributed by atoms with Crippen molar-refractivity contribution in [1.82, 2.24) is 5.32 Å². The van der Waals surface area contributed by atoms with Gasteiger partial charge in [0.25, 0.3) is 5.91 Å². The molecule has 1 atom stereocenters. The number of nitrogens with one attached hydrogen (secondary N) is 2. The molecule has 1 heterocycles. The molecule has 136 valence electrons. The summed E-state index contributed by atoms with van der Waals surface area (Å²) in [5.74, 6) is 0.233. The van der Waals surface area contributed by atoms with Gasteiger partial charge in [-0.05, 0) is 42.8 Å². The summed E-state index contributed by atoms with van der Waals surface area (Å²) in [5.41, 5.74) is 2.54. The lowest BCUT2D eigenvalue weighted by Gasteiger charge is -2.35. The van der Waals surface area contributed by atoms with E-state index in [4.69, 9.17) is 4.74 Å². The van der Waals surface area contributed by atoms with Gasteiger partial charge in [0.1, 0.15) is 5.75 Å². The first-order valence-electron chi connectivity index (χ1n) is 8.26. The number of hydrogen-bond acceptors (Lipinski definition) is 4. The van der Waals surface area contributed by atoms with Crippen LogP contribution in [0.3, 0.4) is 0 Å². The van der Waals surface area contributed by atoms with Crippen molar-refractivity contribution in [3.63, 3.8) is 0 Å². The largest absolute Gasteiger partial charge is 0.477 e. The Morgan fingerprint density at radius 1 is 1.27 bits per heavy atom. The molecule has 0 saturated heterocycles. The van der Waals surface area contributed by atoms with Gasteiger partial charge in [-0.15, -0.1) is 0 Å². The maximum atomic E-state index is 12.6. The Morgan fingerprint density at radius 3 is 2.77 bits per heavy atom. The number of para-hydroxylation sites is 2. The summed E-state index contributed by atoms with van der Waals surface area (Å²) in [4.78, 5) is 26.4. The number of hydrogen-bond donors (Lipinski definition) is 2. The Hall–Kier alpha value is -2.54. The lowest BCUT2D eigenvalue weighted by molar-refractivity contribution is -0.127. The molecule has 0 saturated carbocycles. The van der Waals surface area contributed by atoms with Crippen LogP contribution in [0.5, 0.6) is 5.75 Å². The SMILES string of the molecule is CNC(=O)C1CN(CC(=O)Nc2ccc(Br)cc2C)c2ccccc2O1. The third kappa shape index (κ3) is 3.99. The molecule has 2 amide bonds. The van der Waals surface area contributed by atoms with E-state index >= 15 is 0 Å². The molecule has 7 heteroatoms. The van der Waals surface area contributed by atoms with E-state index < -0.39 is 6.10 Å². The Morgan fingerprint density at radius 2 is 2.04 bits per heavy atom. The van der Waals surface area contributed by atoms with Crippen molar-refractivity contribution < 1.29 is 14.3 Å². The average molecular weight is 418 g/mol. The smallest absolute Gasteiger partial charge is 0.262 e. The van der Waals surface area contributed by atoms with Gasteiger partial charge in [-0.2, -0.15) is 0 Å². The standard InChI is InChI=1S/C19H20BrN3O3/c1-12-9-13(20)7-8-14(12)22-18(24)11-23-10-17(19(25)21-2)26-16-6-4-3-5-15(16)23/h3-9,17H,10-11H2,1-2H3,(H,21,25)(H,22,24). The van der Waals surface area contributed by atoms with E-state index in [1.807, 2.05) is 48.2 Å². The van der Waals surface area contributed by atoms with Crippen molar-refractivity contribution in [2.45, 2.75) is 13.0 Å². The predicted octanol–water partition coefficient (Wildman–Crippen LogP) is 2.71. The van der Waals surface area contributed by atoms with Crippen molar-refractivity contribution in [1.29, 1.82) is 0 Å².